The van der Waals surface area contributed by atoms with Crippen molar-refractivity contribution >= 4 is 40.2 Å². The maximum atomic E-state index is 13.0. The maximum absolute atomic E-state index is 13.0. The zero-order valence-electron chi connectivity index (χ0n) is 16.7. The van der Waals surface area contributed by atoms with E-state index >= 15 is 0 Å². The molecule has 28 heavy (non-hydrogen) atoms. The Hall–Kier alpha value is -1.53. The molecule has 1 aliphatic rings. The van der Waals surface area contributed by atoms with Crippen LogP contribution in [0.1, 0.15) is 46.5 Å². The number of thioether (sulfide) groups is 1. The molecule has 0 aliphatic heterocycles. The van der Waals surface area contributed by atoms with Gasteiger partial charge >= 0.3 is 0 Å². The molecule has 1 N–H and O–H groups in total. The van der Waals surface area contributed by atoms with Crippen molar-refractivity contribution in [2.75, 3.05) is 5.75 Å². The second-order valence-corrected chi connectivity index (χ2v) is 9.47. The highest BCUT2D eigenvalue weighted by Crippen LogP contribution is 2.25. The molecule has 1 aliphatic carbocycles. The number of fused-ring (bicyclic) bond motifs is 1. The summed E-state index contributed by atoms with van der Waals surface area (Å²) in [5.74, 6) is 1.07. The molecule has 0 bridgehead atoms. The van der Waals surface area contributed by atoms with Crippen molar-refractivity contribution in [1.82, 2.24) is 14.9 Å². The normalized spacial score (nSPS) is 19.9. The molecule has 1 saturated carbocycles. The molecule has 152 valence electrons. The van der Waals surface area contributed by atoms with Gasteiger partial charge in [-0.3, -0.25) is 14.2 Å². The van der Waals surface area contributed by atoms with Gasteiger partial charge in [-0.05, 0) is 42.9 Å². The number of carbonyl (C=O) groups excluding carboxylic acids is 1. The number of hydrogen-bond donors (Lipinski definition) is 1. The molecule has 0 saturated heterocycles. The van der Waals surface area contributed by atoms with Gasteiger partial charge in [0.1, 0.15) is 0 Å². The summed E-state index contributed by atoms with van der Waals surface area (Å²) in [4.78, 5) is 30.1. The van der Waals surface area contributed by atoms with Crippen LogP contribution in [0.5, 0.6) is 0 Å². The third-order valence-electron chi connectivity index (χ3n) is 5.22. The fourth-order valence-electron chi connectivity index (χ4n) is 3.72. The zero-order chi connectivity index (χ0) is 20.3. The van der Waals surface area contributed by atoms with E-state index in [9.17, 15) is 9.59 Å². The first-order valence-electron chi connectivity index (χ1n) is 9.97. The monoisotopic (exact) mass is 421 g/mol. The lowest BCUT2D eigenvalue weighted by Crippen LogP contribution is -2.42. The van der Waals surface area contributed by atoms with Crippen LogP contribution < -0.4 is 10.9 Å². The van der Waals surface area contributed by atoms with Gasteiger partial charge in [0, 0.05) is 17.6 Å². The van der Waals surface area contributed by atoms with Crippen molar-refractivity contribution < 1.29 is 4.79 Å². The Labute approximate surface area is 175 Å². The molecular weight excluding hydrogens is 394 g/mol. The Morgan fingerprint density at radius 1 is 1.36 bits per heavy atom. The van der Waals surface area contributed by atoms with E-state index in [1.165, 1.54) is 31.0 Å². The fraction of sp³-hybridized carbons (Fsp3) is 0.571. The van der Waals surface area contributed by atoms with Crippen molar-refractivity contribution in [3.63, 3.8) is 0 Å². The third-order valence-corrected chi connectivity index (χ3v) is 6.43. The molecule has 2 atom stereocenters. The molecule has 2 aromatic rings. The highest BCUT2D eigenvalue weighted by molar-refractivity contribution is 7.99. The number of nitrogens with zero attached hydrogens (tertiary/aromatic N) is 2. The van der Waals surface area contributed by atoms with Gasteiger partial charge in [0.2, 0.25) is 5.91 Å². The fourth-order valence-corrected chi connectivity index (χ4v) is 4.71. The molecule has 1 aromatic carbocycles. The predicted molar refractivity (Wildman–Crippen MR) is 116 cm³/mol. The minimum absolute atomic E-state index is 0.00491. The number of halogens is 1. The average molecular weight is 422 g/mol. The molecule has 0 spiro atoms. The number of benzene rings is 1. The smallest absolute Gasteiger partial charge is 0.262 e. The second-order valence-electron chi connectivity index (χ2n) is 8.09. The molecule has 0 radical (unpaired) electrons. The topological polar surface area (TPSA) is 64.0 Å². The van der Waals surface area contributed by atoms with E-state index in [1.54, 1.807) is 22.8 Å². The highest BCUT2D eigenvalue weighted by atomic mass is 35.5. The van der Waals surface area contributed by atoms with E-state index in [0.29, 0.717) is 33.5 Å². The molecule has 1 heterocycles. The van der Waals surface area contributed by atoms with Crippen molar-refractivity contribution in [3.05, 3.63) is 33.6 Å². The van der Waals surface area contributed by atoms with Gasteiger partial charge in [0.15, 0.2) is 5.16 Å². The third kappa shape index (κ3) is 5.09. The summed E-state index contributed by atoms with van der Waals surface area (Å²) in [6.07, 6.45) is 4.63. The molecular formula is C21H28ClN3O2S. The van der Waals surface area contributed by atoms with Crippen LogP contribution in [-0.4, -0.2) is 27.3 Å². The quantitative estimate of drug-likeness (QED) is 0.551. The Balaban J connectivity index is 1.80. The molecule has 0 unspecified atom stereocenters. The summed E-state index contributed by atoms with van der Waals surface area (Å²) in [6.45, 7) is 6.87. The van der Waals surface area contributed by atoms with Crippen molar-refractivity contribution in [2.24, 2.45) is 11.8 Å². The van der Waals surface area contributed by atoms with Crippen molar-refractivity contribution in [3.8, 4) is 0 Å². The summed E-state index contributed by atoms with van der Waals surface area (Å²) in [5, 5.41) is 4.78. The lowest BCUT2D eigenvalue weighted by molar-refractivity contribution is -0.119. The van der Waals surface area contributed by atoms with E-state index in [-0.39, 0.29) is 29.2 Å². The van der Waals surface area contributed by atoms with Gasteiger partial charge < -0.3 is 5.32 Å². The van der Waals surface area contributed by atoms with Crippen LogP contribution in [0, 0.1) is 11.8 Å². The van der Waals surface area contributed by atoms with Gasteiger partial charge in [-0.1, -0.05) is 57.0 Å². The maximum Gasteiger partial charge on any atom is 0.262 e. The minimum atomic E-state index is -0.106. The van der Waals surface area contributed by atoms with E-state index in [1.807, 2.05) is 0 Å². The van der Waals surface area contributed by atoms with Crippen LogP contribution in [-0.2, 0) is 11.3 Å². The summed E-state index contributed by atoms with van der Waals surface area (Å²) in [7, 11) is 0. The van der Waals surface area contributed by atoms with Gasteiger partial charge in [0.25, 0.3) is 5.56 Å². The highest BCUT2D eigenvalue weighted by Gasteiger charge is 2.23. The Bertz CT molecular complexity index is 912. The predicted octanol–water partition coefficient (Wildman–Crippen LogP) is 4.49. The second kappa shape index (κ2) is 9.31. The van der Waals surface area contributed by atoms with Gasteiger partial charge in [-0.15, -0.1) is 0 Å². The molecule has 5 nitrogen and oxygen atoms in total. The summed E-state index contributed by atoms with van der Waals surface area (Å²) >= 11 is 7.39. The minimum Gasteiger partial charge on any atom is -0.352 e. The van der Waals surface area contributed by atoms with Crippen LogP contribution in [0.4, 0.5) is 0 Å². The van der Waals surface area contributed by atoms with Crippen LogP contribution in [0.25, 0.3) is 10.9 Å². The molecule has 3 rings (SSSR count). The van der Waals surface area contributed by atoms with E-state index < -0.39 is 0 Å². The molecule has 1 amide bonds. The standard InChI is InChI=1S/C21H28ClN3O2S/c1-13(2)11-25-20(27)16-10-15(22)8-9-18(16)24-21(25)28-12-19(26)23-17-7-5-4-6-14(17)3/h8-10,13-14,17H,4-7,11-12H2,1-3H3,(H,23,26)/t14-,17-/m0/s1. The Morgan fingerprint density at radius 3 is 2.82 bits per heavy atom. The summed E-state index contributed by atoms with van der Waals surface area (Å²) in [6, 6.07) is 5.40. The van der Waals surface area contributed by atoms with Gasteiger partial charge in [0.05, 0.1) is 16.7 Å². The van der Waals surface area contributed by atoms with Gasteiger partial charge in [-0.2, -0.15) is 0 Å². The summed E-state index contributed by atoms with van der Waals surface area (Å²) in [5.41, 5.74) is 0.503. The van der Waals surface area contributed by atoms with E-state index in [0.717, 1.165) is 6.42 Å². The van der Waals surface area contributed by atoms with Gasteiger partial charge in [-0.25, -0.2) is 4.98 Å². The zero-order valence-corrected chi connectivity index (χ0v) is 18.3. The first kappa shape index (κ1) is 21.2. The SMILES string of the molecule is CC(C)Cn1c(SCC(=O)N[C@H]2CCCC[C@@H]2C)nc2ccc(Cl)cc2c1=O. The first-order chi connectivity index (χ1) is 13.3. The average Bonchev–Trinajstić information content (AvgIpc) is 2.65. The molecule has 7 heteroatoms. The van der Waals surface area contributed by atoms with Crippen molar-refractivity contribution in [2.45, 2.75) is 64.2 Å². The van der Waals surface area contributed by atoms with Crippen LogP contribution in [0.3, 0.4) is 0 Å². The first-order valence-corrected chi connectivity index (χ1v) is 11.3. The lowest BCUT2D eigenvalue weighted by atomic mass is 9.86. The largest absolute Gasteiger partial charge is 0.352 e. The number of nitrogens with one attached hydrogen (secondary N) is 1. The van der Waals surface area contributed by atoms with Crippen LogP contribution in [0.2, 0.25) is 5.02 Å². The number of carbonyl (C=O) groups is 1. The number of amides is 1. The molecule has 1 fully saturated rings. The summed E-state index contributed by atoms with van der Waals surface area (Å²) < 4.78 is 1.67. The number of rotatable bonds is 6. The van der Waals surface area contributed by atoms with Crippen molar-refractivity contribution in [1.29, 1.82) is 0 Å². The Morgan fingerprint density at radius 2 is 2.11 bits per heavy atom. The number of hydrogen-bond acceptors (Lipinski definition) is 4. The lowest BCUT2D eigenvalue weighted by Gasteiger charge is -2.29. The number of aromatic nitrogens is 2. The Kier molecular flexibility index (Phi) is 7.05. The van der Waals surface area contributed by atoms with E-state index in [2.05, 4.69) is 31.1 Å². The van der Waals surface area contributed by atoms with Crippen LogP contribution >= 0.6 is 23.4 Å². The molecule has 1 aromatic heterocycles. The van der Waals surface area contributed by atoms with E-state index in [4.69, 9.17) is 11.6 Å². The van der Waals surface area contributed by atoms with Crippen LogP contribution in [0.15, 0.2) is 28.2 Å².